The third kappa shape index (κ3) is 6.93. The standard InChI is InChI=1S/C13H27NO4/c1-5-8-16-10-11-17-9-7-13(3,14-4)12(15)18-6-2/h14H,5-11H2,1-4H3. The maximum atomic E-state index is 11.7. The lowest BCUT2D eigenvalue weighted by Crippen LogP contribution is -2.49. The number of ether oxygens (including phenoxy) is 3. The predicted molar refractivity (Wildman–Crippen MR) is 70.6 cm³/mol. The molecule has 5 nitrogen and oxygen atoms in total. The first-order valence-electron chi connectivity index (χ1n) is 6.62. The highest BCUT2D eigenvalue weighted by atomic mass is 16.5. The van der Waals surface area contributed by atoms with Gasteiger partial charge in [-0.15, -0.1) is 0 Å². The van der Waals surface area contributed by atoms with Crippen LogP contribution >= 0.6 is 0 Å². The summed E-state index contributed by atoms with van der Waals surface area (Å²) in [5.74, 6) is -0.238. The lowest BCUT2D eigenvalue weighted by Gasteiger charge is -2.26. The molecular formula is C13H27NO4. The molecule has 108 valence electrons. The van der Waals surface area contributed by atoms with E-state index in [4.69, 9.17) is 14.2 Å². The summed E-state index contributed by atoms with van der Waals surface area (Å²) in [5, 5.41) is 2.99. The monoisotopic (exact) mass is 261 g/mol. The van der Waals surface area contributed by atoms with Crippen molar-refractivity contribution >= 4 is 5.97 Å². The normalized spacial score (nSPS) is 14.2. The Hall–Kier alpha value is -0.650. The molecule has 0 bridgehead atoms. The Labute approximate surface area is 110 Å². The maximum absolute atomic E-state index is 11.7. The first kappa shape index (κ1) is 17.4. The van der Waals surface area contributed by atoms with Crippen molar-refractivity contribution in [3.8, 4) is 0 Å². The molecule has 0 saturated carbocycles. The third-order valence-electron chi connectivity index (χ3n) is 2.74. The Bertz CT molecular complexity index is 223. The van der Waals surface area contributed by atoms with Crippen molar-refractivity contribution in [2.75, 3.05) is 40.1 Å². The largest absolute Gasteiger partial charge is 0.465 e. The highest BCUT2D eigenvalue weighted by molar-refractivity contribution is 5.80. The van der Waals surface area contributed by atoms with Crippen molar-refractivity contribution in [2.24, 2.45) is 0 Å². The first-order chi connectivity index (χ1) is 8.60. The van der Waals surface area contributed by atoms with Crippen LogP contribution in [0.2, 0.25) is 0 Å². The minimum Gasteiger partial charge on any atom is -0.465 e. The van der Waals surface area contributed by atoms with Gasteiger partial charge in [-0.05, 0) is 33.7 Å². The second-order valence-corrected chi connectivity index (χ2v) is 4.28. The molecule has 1 unspecified atom stereocenters. The zero-order valence-corrected chi connectivity index (χ0v) is 12.1. The molecule has 0 rings (SSSR count). The smallest absolute Gasteiger partial charge is 0.326 e. The van der Waals surface area contributed by atoms with Crippen molar-refractivity contribution in [3.05, 3.63) is 0 Å². The molecule has 1 N–H and O–H groups in total. The topological polar surface area (TPSA) is 56.8 Å². The van der Waals surface area contributed by atoms with Gasteiger partial charge in [-0.2, -0.15) is 0 Å². The lowest BCUT2D eigenvalue weighted by atomic mass is 9.99. The molecule has 0 spiro atoms. The molecule has 0 saturated heterocycles. The van der Waals surface area contributed by atoms with Gasteiger partial charge in [0.2, 0.25) is 0 Å². The van der Waals surface area contributed by atoms with Crippen LogP contribution in [0.1, 0.15) is 33.6 Å². The van der Waals surface area contributed by atoms with Gasteiger partial charge in [0.25, 0.3) is 0 Å². The second-order valence-electron chi connectivity index (χ2n) is 4.28. The number of carbonyl (C=O) groups is 1. The van der Waals surface area contributed by atoms with Gasteiger partial charge in [-0.3, -0.25) is 4.79 Å². The predicted octanol–water partition coefficient (Wildman–Crippen LogP) is 1.36. The van der Waals surface area contributed by atoms with Gasteiger partial charge in [0, 0.05) is 13.2 Å². The van der Waals surface area contributed by atoms with Crippen LogP contribution in [0.15, 0.2) is 0 Å². The molecular weight excluding hydrogens is 234 g/mol. The molecule has 0 aliphatic heterocycles. The molecule has 0 radical (unpaired) electrons. The number of hydrogen-bond acceptors (Lipinski definition) is 5. The third-order valence-corrected chi connectivity index (χ3v) is 2.74. The molecule has 0 fully saturated rings. The van der Waals surface area contributed by atoms with Crippen LogP contribution in [0, 0.1) is 0 Å². The van der Waals surface area contributed by atoms with E-state index in [0.717, 1.165) is 13.0 Å². The molecule has 0 aliphatic rings. The van der Waals surface area contributed by atoms with Crippen LogP contribution in [0.3, 0.4) is 0 Å². The summed E-state index contributed by atoms with van der Waals surface area (Å²) >= 11 is 0. The van der Waals surface area contributed by atoms with Crippen molar-refractivity contribution in [1.29, 1.82) is 0 Å². The van der Waals surface area contributed by atoms with Gasteiger partial charge in [-0.25, -0.2) is 0 Å². The highest BCUT2D eigenvalue weighted by Crippen LogP contribution is 2.11. The molecule has 0 aromatic rings. The number of esters is 1. The van der Waals surface area contributed by atoms with Crippen LogP contribution < -0.4 is 5.32 Å². The molecule has 18 heavy (non-hydrogen) atoms. The van der Waals surface area contributed by atoms with Crippen LogP contribution in [0.4, 0.5) is 0 Å². The summed E-state index contributed by atoms with van der Waals surface area (Å²) in [6.07, 6.45) is 1.59. The van der Waals surface area contributed by atoms with E-state index in [-0.39, 0.29) is 5.97 Å². The fourth-order valence-electron chi connectivity index (χ4n) is 1.36. The Morgan fingerprint density at radius 2 is 1.72 bits per heavy atom. The fourth-order valence-corrected chi connectivity index (χ4v) is 1.36. The van der Waals surface area contributed by atoms with Crippen LogP contribution in [0.25, 0.3) is 0 Å². The summed E-state index contributed by atoms with van der Waals surface area (Å²) in [6, 6.07) is 0. The van der Waals surface area contributed by atoms with E-state index in [9.17, 15) is 4.79 Å². The van der Waals surface area contributed by atoms with Crippen molar-refractivity contribution in [2.45, 2.75) is 39.2 Å². The van der Waals surface area contributed by atoms with Gasteiger partial charge in [0.1, 0.15) is 5.54 Å². The number of hydrogen-bond donors (Lipinski definition) is 1. The molecule has 0 aliphatic carbocycles. The van der Waals surface area contributed by atoms with Gasteiger partial charge < -0.3 is 19.5 Å². The van der Waals surface area contributed by atoms with Crippen molar-refractivity contribution in [3.63, 3.8) is 0 Å². The Morgan fingerprint density at radius 3 is 2.22 bits per heavy atom. The van der Waals surface area contributed by atoms with E-state index in [1.54, 1.807) is 14.0 Å². The second kappa shape index (κ2) is 10.3. The summed E-state index contributed by atoms with van der Waals surface area (Å²) in [5.41, 5.74) is -0.680. The van der Waals surface area contributed by atoms with E-state index in [1.165, 1.54) is 0 Å². The fraction of sp³-hybridized carbons (Fsp3) is 0.923. The number of carbonyl (C=O) groups excluding carboxylic acids is 1. The first-order valence-corrected chi connectivity index (χ1v) is 6.62. The number of likely N-dealkylation sites (N-methyl/N-ethyl adjacent to an activating group) is 1. The van der Waals surface area contributed by atoms with Gasteiger partial charge in [0.15, 0.2) is 0 Å². The quantitative estimate of drug-likeness (QED) is 0.449. The number of nitrogens with one attached hydrogen (secondary N) is 1. The summed E-state index contributed by atoms with van der Waals surface area (Å²) < 4.78 is 15.8. The van der Waals surface area contributed by atoms with E-state index in [0.29, 0.717) is 32.8 Å². The zero-order chi connectivity index (χ0) is 13.9. The van der Waals surface area contributed by atoms with Gasteiger partial charge in [0.05, 0.1) is 19.8 Å². The molecule has 0 aromatic heterocycles. The van der Waals surface area contributed by atoms with E-state index in [1.807, 2.05) is 6.92 Å². The summed E-state index contributed by atoms with van der Waals surface area (Å²) in [4.78, 5) is 11.7. The van der Waals surface area contributed by atoms with Crippen molar-refractivity contribution < 1.29 is 19.0 Å². The zero-order valence-electron chi connectivity index (χ0n) is 12.1. The van der Waals surface area contributed by atoms with Crippen molar-refractivity contribution in [1.82, 2.24) is 5.32 Å². The molecule has 0 amide bonds. The lowest BCUT2D eigenvalue weighted by molar-refractivity contribution is -0.151. The Balaban J connectivity index is 3.76. The van der Waals surface area contributed by atoms with E-state index >= 15 is 0 Å². The highest BCUT2D eigenvalue weighted by Gasteiger charge is 2.32. The average molecular weight is 261 g/mol. The van der Waals surface area contributed by atoms with Gasteiger partial charge in [-0.1, -0.05) is 6.92 Å². The number of rotatable bonds is 11. The Morgan fingerprint density at radius 1 is 1.11 bits per heavy atom. The van der Waals surface area contributed by atoms with Crippen LogP contribution in [-0.2, 0) is 19.0 Å². The molecule has 0 heterocycles. The average Bonchev–Trinajstić information content (AvgIpc) is 2.37. The van der Waals surface area contributed by atoms with Crippen LogP contribution in [-0.4, -0.2) is 51.6 Å². The van der Waals surface area contributed by atoms with E-state index in [2.05, 4.69) is 12.2 Å². The minimum atomic E-state index is -0.680. The van der Waals surface area contributed by atoms with Gasteiger partial charge >= 0.3 is 5.97 Å². The summed E-state index contributed by atoms with van der Waals surface area (Å²) in [7, 11) is 1.75. The summed E-state index contributed by atoms with van der Waals surface area (Å²) in [6.45, 7) is 8.51. The Kier molecular flexibility index (Phi) is 9.92. The van der Waals surface area contributed by atoms with Crippen LogP contribution in [0.5, 0.6) is 0 Å². The molecule has 0 aromatic carbocycles. The molecule has 1 atom stereocenters. The maximum Gasteiger partial charge on any atom is 0.326 e. The van der Waals surface area contributed by atoms with E-state index < -0.39 is 5.54 Å². The SMILES string of the molecule is CCCOCCOCCC(C)(NC)C(=O)OCC. The minimum absolute atomic E-state index is 0.238. The molecule has 5 heteroatoms.